The lowest BCUT2D eigenvalue weighted by molar-refractivity contribution is -0.114. The fourth-order valence-corrected chi connectivity index (χ4v) is 1.74. The van der Waals surface area contributed by atoms with Crippen LogP contribution < -0.4 is 5.73 Å². The number of ketones is 1. The predicted molar refractivity (Wildman–Crippen MR) is 44.4 cm³/mol. The molecule has 64 valence electrons. The molecule has 0 aromatic carbocycles. The summed E-state index contributed by atoms with van der Waals surface area (Å²) in [7, 11) is 0. The molecule has 0 aromatic heterocycles. The van der Waals surface area contributed by atoms with Crippen molar-refractivity contribution in [1.82, 2.24) is 0 Å². The lowest BCUT2D eigenvalue weighted by Gasteiger charge is -2.10. The third-order valence-electron chi connectivity index (χ3n) is 2.44. The summed E-state index contributed by atoms with van der Waals surface area (Å²) in [5, 5.41) is 9.40. The normalized spacial score (nSPS) is 34.3. The molecule has 0 saturated heterocycles. The van der Waals surface area contributed by atoms with E-state index in [1.807, 2.05) is 6.08 Å². The van der Waals surface area contributed by atoms with Crippen LogP contribution in [-0.4, -0.2) is 23.0 Å². The molecule has 2 aliphatic rings. The summed E-state index contributed by atoms with van der Waals surface area (Å²) >= 11 is 0. The van der Waals surface area contributed by atoms with Gasteiger partial charge in [0.1, 0.15) is 0 Å². The molecular weight excluding hydrogens is 154 g/mol. The molecule has 0 amide bonds. The maximum absolute atomic E-state index is 11.0. The van der Waals surface area contributed by atoms with Gasteiger partial charge in [-0.25, -0.2) is 0 Å². The third-order valence-corrected chi connectivity index (χ3v) is 2.44. The van der Waals surface area contributed by atoms with Gasteiger partial charge in [0, 0.05) is 12.8 Å². The Balaban J connectivity index is 2.37. The summed E-state index contributed by atoms with van der Waals surface area (Å²) < 4.78 is 0. The summed E-state index contributed by atoms with van der Waals surface area (Å²) in [6, 6.07) is -0.361. The first-order chi connectivity index (χ1) is 5.68. The molecule has 0 aromatic rings. The van der Waals surface area contributed by atoms with E-state index >= 15 is 0 Å². The Morgan fingerprint density at radius 3 is 3.08 bits per heavy atom. The Morgan fingerprint density at radius 2 is 2.33 bits per heavy atom. The first-order valence-corrected chi connectivity index (χ1v) is 4.06. The molecule has 2 unspecified atom stereocenters. The second kappa shape index (κ2) is 2.54. The van der Waals surface area contributed by atoms with Crippen LogP contribution in [-0.2, 0) is 4.79 Å². The molecule has 2 aliphatic carbocycles. The highest BCUT2D eigenvalue weighted by Gasteiger charge is 2.32. The van der Waals surface area contributed by atoms with Crippen molar-refractivity contribution in [3.63, 3.8) is 0 Å². The molecule has 3 heteroatoms. The number of nitrogens with two attached hydrogens (primary N) is 1. The van der Waals surface area contributed by atoms with E-state index in [4.69, 9.17) is 5.73 Å². The molecule has 1 saturated carbocycles. The zero-order chi connectivity index (χ0) is 8.72. The molecule has 2 atom stereocenters. The molecular formula is C9H11NO2. The topological polar surface area (TPSA) is 63.3 Å². The van der Waals surface area contributed by atoms with Crippen LogP contribution in [0.4, 0.5) is 0 Å². The summed E-state index contributed by atoms with van der Waals surface area (Å²) in [4.78, 5) is 11.0. The zero-order valence-electron chi connectivity index (χ0n) is 6.66. The fraction of sp³-hybridized carbons (Fsp3) is 0.444. The Kier molecular flexibility index (Phi) is 1.63. The van der Waals surface area contributed by atoms with Crippen molar-refractivity contribution >= 4 is 5.78 Å². The first-order valence-electron chi connectivity index (χ1n) is 4.06. The Morgan fingerprint density at radius 1 is 1.58 bits per heavy atom. The number of fused-ring (bicyclic) bond motifs is 1. The minimum Gasteiger partial charge on any atom is -0.391 e. The van der Waals surface area contributed by atoms with E-state index in [-0.39, 0.29) is 11.8 Å². The van der Waals surface area contributed by atoms with Gasteiger partial charge in [-0.2, -0.15) is 0 Å². The van der Waals surface area contributed by atoms with Gasteiger partial charge in [-0.3, -0.25) is 4.79 Å². The molecule has 0 bridgehead atoms. The smallest absolute Gasteiger partial charge is 0.159 e. The van der Waals surface area contributed by atoms with Crippen molar-refractivity contribution in [2.75, 3.05) is 0 Å². The van der Waals surface area contributed by atoms with Crippen molar-refractivity contribution in [2.24, 2.45) is 5.73 Å². The molecule has 3 N–H and O–H groups in total. The number of aliphatic hydroxyl groups is 1. The van der Waals surface area contributed by atoms with E-state index in [1.165, 1.54) is 0 Å². The minimum absolute atomic E-state index is 0.0818. The fourth-order valence-electron chi connectivity index (χ4n) is 1.74. The second-order valence-corrected chi connectivity index (χ2v) is 3.30. The van der Waals surface area contributed by atoms with Gasteiger partial charge in [-0.05, 0) is 17.2 Å². The standard InChI is InChI=1S/C9H11NO2/c10-9-7-4-6(11)2-1-5(7)3-8(9)12/h1,4,8-9,12H,2-3,10H2. The van der Waals surface area contributed by atoms with E-state index in [0.717, 1.165) is 11.1 Å². The maximum atomic E-state index is 11.0. The van der Waals surface area contributed by atoms with E-state index in [2.05, 4.69) is 0 Å². The highest BCUT2D eigenvalue weighted by atomic mass is 16.3. The molecule has 1 fully saturated rings. The van der Waals surface area contributed by atoms with Crippen LogP contribution in [0.1, 0.15) is 12.8 Å². The number of allylic oxidation sites excluding steroid dienone is 2. The van der Waals surface area contributed by atoms with Crippen LogP contribution in [0.15, 0.2) is 23.3 Å². The van der Waals surface area contributed by atoms with Gasteiger partial charge in [-0.1, -0.05) is 6.08 Å². The maximum Gasteiger partial charge on any atom is 0.159 e. The number of hydrogen-bond acceptors (Lipinski definition) is 3. The number of carbonyl (C=O) groups is 1. The number of rotatable bonds is 0. The van der Waals surface area contributed by atoms with E-state index in [0.29, 0.717) is 12.8 Å². The van der Waals surface area contributed by atoms with Crippen LogP contribution in [0, 0.1) is 0 Å². The summed E-state index contributed by atoms with van der Waals surface area (Å²) in [5.41, 5.74) is 7.57. The number of hydrogen-bond donors (Lipinski definition) is 2. The second-order valence-electron chi connectivity index (χ2n) is 3.30. The van der Waals surface area contributed by atoms with Crippen LogP contribution in [0.5, 0.6) is 0 Å². The third kappa shape index (κ3) is 1.02. The van der Waals surface area contributed by atoms with Crippen molar-refractivity contribution in [3.05, 3.63) is 23.3 Å². The van der Waals surface area contributed by atoms with Gasteiger partial charge in [0.15, 0.2) is 5.78 Å². The average Bonchev–Trinajstić information content (AvgIpc) is 2.31. The van der Waals surface area contributed by atoms with Crippen molar-refractivity contribution < 1.29 is 9.90 Å². The quantitative estimate of drug-likeness (QED) is 0.527. The van der Waals surface area contributed by atoms with Gasteiger partial charge in [-0.15, -0.1) is 0 Å². The molecule has 0 heterocycles. The van der Waals surface area contributed by atoms with E-state index in [9.17, 15) is 9.90 Å². The van der Waals surface area contributed by atoms with Crippen LogP contribution in [0.25, 0.3) is 0 Å². The van der Waals surface area contributed by atoms with Gasteiger partial charge in [0.05, 0.1) is 12.1 Å². The summed E-state index contributed by atoms with van der Waals surface area (Å²) in [6.07, 6.45) is 3.98. The highest BCUT2D eigenvalue weighted by Crippen LogP contribution is 2.32. The highest BCUT2D eigenvalue weighted by molar-refractivity contribution is 5.94. The van der Waals surface area contributed by atoms with Crippen molar-refractivity contribution in [1.29, 1.82) is 0 Å². The molecule has 0 radical (unpaired) electrons. The molecule has 0 spiro atoms. The van der Waals surface area contributed by atoms with Gasteiger partial charge < -0.3 is 10.8 Å². The van der Waals surface area contributed by atoms with Crippen LogP contribution in [0.2, 0.25) is 0 Å². The number of aliphatic hydroxyl groups excluding tert-OH is 1. The van der Waals surface area contributed by atoms with E-state index in [1.54, 1.807) is 6.08 Å². The average molecular weight is 165 g/mol. The predicted octanol–water partition coefficient (Wildman–Crippen LogP) is -0.0961. The number of carbonyl (C=O) groups excluding carboxylic acids is 1. The van der Waals surface area contributed by atoms with Gasteiger partial charge >= 0.3 is 0 Å². The molecule has 0 aliphatic heterocycles. The van der Waals surface area contributed by atoms with Gasteiger partial charge in [0.2, 0.25) is 0 Å². The molecule has 2 rings (SSSR count). The Labute approximate surface area is 70.6 Å². The van der Waals surface area contributed by atoms with Gasteiger partial charge in [0.25, 0.3) is 0 Å². The lowest BCUT2D eigenvalue weighted by atomic mass is 9.98. The minimum atomic E-state index is -0.506. The molecule has 3 nitrogen and oxygen atoms in total. The zero-order valence-corrected chi connectivity index (χ0v) is 6.66. The van der Waals surface area contributed by atoms with Crippen LogP contribution in [0.3, 0.4) is 0 Å². The largest absolute Gasteiger partial charge is 0.391 e. The SMILES string of the molecule is NC1C2=CC(=O)CC=C2CC1O. The monoisotopic (exact) mass is 165 g/mol. The lowest BCUT2D eigenvalue weighted by Crippen LogP contribution is -2.30. The summed E-state index contributed by atoms with van der Waals surface area (Å²) in [5.74, 6) is 0.0818. The van der Waals surface area contributed by atoms with Crippen molar-refractivity contribution in [2.45, 2.75) is 25.0 Å². The Hall–Kier alpha value is -0.930. The molecule has 12 heavy (non-hydrogen) atoms. The van der Waals surface area contributed by atoms with Crippen molar-refractivity contribution in [3.8, 4) is 0 Å². The van der Waals surface area contributed by atoms with Crippen LogP contribution >= 0.6 is 0 Å². The Bertz CT molecular complexity index is 291. The van der Waals surface area contributed by atoms with E-state index < -0.39 is 6.10 Å². The summed E-state index contributed by atoms with van der Waals surface area (Å²) in [6.45, 7) is 0. The first kappa shape index (κ1) is 7.71.